The van der Waals surface area contributed by atoms with Crippen LogP contribution in [0.5, 0.6) is 0 Å². The van der Waals surface area contributed by atoms with Crippen molar-refractivity contribution in [3.63, 3.8) is 0 Å². The van der Waals surface area contributed by atoms with Gasteiger partial charge in [0.2, 0.25) is 0 Å². The van der Waals surface area contributed by atoms with E-state index >= 15 is 0 Å². The maximum Gasteiger partial charge on any atom is 0.306 e. The van der Waals surface area contributed by atoms with Gasteiger partial charge in [0, 0.05) is 19.3 Å². The van der Waals surface area contributed by atoms with Gasteiger partial charge in [0.1, 0.15) is 13.2 Å². The Balaban J connectivity index is 4.42. The van der Waals surface area contributed by atoms with E-state index in [-0.39, 0.29) is 37.5 Å². The van der Waals surface area contributed by atoms with Crippen molar-refractivity contribution in [2.45, 2.75) is 239 Å². The van der Waals surface area contributed by atoms with Crippen LogP contribution in [0.25, 0.3) is 0 Å². The first kappa shape index (κ1) is 72.5. The van der Waals surface area contributed by atoms with Crippen LogP contribution in [0.4, 0.5) is 0 Å². The Kier molecular flexibility index (Phi) is 59.5. The molecule has 0 aliphatic carbocycles. The van der Waals surface area contributed by atoms with Gasteiger partial charge in [-0.25, -0.2) is 0 Å². The largest absolute Gasteiger partial charge is 0.462 e. The van der Waals surface area contributed by atoms with Crippen LogP contribution in [-0.4, -0.2) is 37.2 Å². The third-order valence-electron chi connectivity index (χ3n) is 12.1. The summed E-state index contributed by atoms with van der Waals surface area (Å²) in [5, 5.41) is 0. The predicted octanol–water partition coefficient (Wildman–Crippen LogP) is 21.3. The van der Waals surface area contributed by atoms with Crippen molar-refractivity contribution in [1.82, 2.24) is 0 Å². The molecule has 0 bridgehead atoms. The highest BCUT2D eigenvalue weighted by Gasteiger charge is 2.19. The quantitative estimate of drug-likeness (QED) is 0.0261. The number of carbonyl (C=O) groups is 3. The molecule has 1 atom stereocenters. The van der Waals surface area contributed by atoms with Gasteiger partial charge in [-0.3, -0.25) is 14.4 Å². The predicted molar refractivity (Wildman–Crippen MR) is 338 cm³/mol. The Morgan fingerprint density at radius 2 is 0.500 bits per heavy atom. The fraction of sp³-hybridized carbons (Fsp3) is 0.542. The maximum absolute atomic E-state index is 12.9. The lowest BCUT2D eigenvalue weighted by Crippen LogP contribution is -2.30. The molecule has 0 aliphatic rings. The Morgan fingerprint density at radius 1 is 0.269 bits per heavy atom. The average Bonchev–Trinajstić information content (AvgIpc) is 3.44. The first-order valence-corrected chi connectivity index (χ1v) is 30.8. The molecule has 0 N–H and O–H groups in total. The van der Waals surface area contributed by atoms with Gasteiger partial charge in [-0.05, 0) is 154 Å². The lowest BCUT2D eigenvalue weighted by atomic mass is 10.1. The average molecular weight is 1070 g/mol. The Labute approximate surface area is 478 Å². The molecule has 0 aromatic rings. The van der Waals surface area contributed by atoms with Crippen LogP contribution >= 0.6 is 0 Å². The van der Waals surface area contributed by atoms with E-state index in [1.807, 2.05) is 0 Å². The van der Waals surface area contributed by atoms with Crippen LogP contribution in [0.2, 0.25) is 0 Å². The topological polar surface area (TPSA) is 78.9 Å². The summed E-state index contributed by atoms with van der Waals surface area (Å²) in [6.07, 6.45) is 96.1. The molecule has 0 aliphatic heterocycles. The van der Waals surface area contributed by atoms with Crippen LogP contribution in [0.3, 0.4) is 0 Å². The van der Waals surface area contributed by atoms with Crippen molar-refractivity contribution in [3.8, 4) is 0 Å². The third kappa shape index (κ3) is 61.4. The van der Waals surface area contributed by atoms with Crippen molar-refractivity contribution in [2.24, 2.45) is 0 Å². The highest BCUT2D eigenvalue weighted by Crippen LogP contribution is 2.12. The molecule has 6 nitrogen and oxygen atoms in total. The summed E-state index contributed by atoms with van der Waals surface area (Å²) in [6.45, 7) is 6.26. The van der Waals surface area contributed by atoms with Crippen LogP contribution in [0, 0.1) is 0 Å². The van der Waals surface area contributed by atoms with Crippen molar-refractivity contribution in [3.05, 3.63) is 182 Å². The number of allylic oxidation sites excluding steroid dienone is 30. The molecule has 0 fully saturated rings. The van der Waals surface area contributed by atoms with E-state index in [4.69, 9.17) is 14.2 Å². The molecule has 0 radical (unpaired) electrons. The van der Waals surface area contributed by atoms with Gasteiger partial charge in [-0.1, -0.05) is 242 Å². The van der Waals surface area contributed by atoms with Gasteiger partial charge < -0.3 is 14.2 Å². The van der Waals surface area contributed by atoms with E-state index in [9.17, 15) is 14.4 Å². The highest BCUT2D eigenvalue weighted by molar-refractivity contribution is 5.71. The lowest BCUT2D eigenvalue weighted by molar-refractivity contribution is -0.167. The fourth-order valence-electron chi connectivity index (χ4n) is 7.58. The number of carbonyl (C=O) groups excluding carboxylic acids is 3. The van der Waals surface area contributed by atoms with Crippen LogP contribution in [0.15, 0.2) is 182 Å². The zero-order chi connectivity index (χ0) is 56.4. The molecular weight excluding hydrogens is 961 g/mol. The lowest BCUT2D eigenvalue weighted by Gasteiger charge is -2.18. The van der Waals surface area contributed by atoms with E-state index in [1.54, 1.807) is 0 Å². The van der Waals surface area contributed by atoms with Gasteiger partial charge in [-0.2, -0.15) is 0 Å². The summed E-state index contributed by atoms with van der Waals surface area (Å²) in [5.41, 5.74) is 0. The molecule has 1 unspecified atom stereocenters. The molecule has 434 valence electrons. The van der Waals surface area contributed by atoms with Gasteiger partial charge in [0.15, 0.2) is 6.10 Å². The second kappa shape index (κ2) is 64.0. The van der Waals surface area contributed by atoms with Crippen molar-refractivity contribution in [1.29, 1.82) is 0 Å². The van der Waals surface area contributed by atoms with Crippen LogP contribution in [0.1, 0.15) is 233 Å². The number of hydrogen-bond acceptors (Lipinski definition) is 6. The van der Waals surface area contributed by atoms with Crippen LogP contribution < -0.4 is 0 Å². The Hall–Kier alpha value is -5.49. The molecule has 0 rings (SSSR count). The van der Waals surface area contributed by atoms with Crippen molar-refractivity contribution >= 4 is 17.9 Å². The molecule has 0 spiro atoms. The molecule has 0 saturated heterocycles. The standard InChI is InChI=1S/C72H110O6/c1-4-7-10-13-16-19-22-24-26-28-30-31-32-33-34-35-36-37-38-39-40-41-43-44-46-48-50-53-56-59-62-65-71(74)77-68-69(67-76-70(73)64-61-58-55-52-21-18-15-12-9-6-3)78-72(75)66-63-60-57-54-51-49-47-45-42-29-27-25-23-20-17-14-11-8-5-2/h7-8,10-12,15-17,19-20,24-27,30-31,33-34,36-37,39-40,42-45,48-51,69H,4-6,9,13-14,18,21-23,28-29,32,35,38,41,46-47,52-68H2,1-3H3/b10-7-,11-8-,15-12-,19-16-,20-17-,26-24-,27-25-,31-30-,34-33-,37-36-,40-39-,44-43-,45-42-,50-48-,51-49-. The molecular formula is C72H110O6. The molecule has 0 aromatic heterocycles. The summed E-state index contributed by atoms with van der Waals surface area (Å²) >= 11 is 0. The molecule has 78 heavy (non-hydrogen) atoms. The minimum absolute atomic E-state index is 0.116. The molecule has 0 heterocycles. The van der Waals surface area contributed by atoms with Crippen LogP contribution in [-0.2, 0) is 28.6 Å². The second-order valence-electron chi connectivity index (χ2n) is 19.5. The number of rotatable bonds is 53. The smallest absolute Gasteiger partial charge is 0.306 e. The Bertz CT molecular complexity index is 1850. The van der Waals surface area contributed by atoms with Crippen molar-refractivity contribution < 1.29 is 28.6 Å². The van der Waals surface area contributed by atoms with E-state index < -0.39 is 6.10 Å². The van der Waals surface area contributed by atoms with Gasteiger partial charge >= 0.3 is 17.9 Å². The summed E-state index contributed by atoms with van der Waals surface area (Å²) in [6, 6.07) is 0. The summed E-state index contributed by atoms with van der Waals surface area (Å²) in [4.78, 5) is 38.1. The SMILES string of the molecule is CC/C=C\C/C=C\C/C=C\C/C=C\C/C=C\C/C=C\C/C=C\C/C=C\C/C=C\CCCCCC(=O)OCC(COC(=O)CCCCCCC/C=C\CCC)OC(=O)CCCCC/C=C\C/C=C\C/C=C\C/C=C\C/C=C\CC. The van der Waals surface area contributed by atoms with Gasteiger partial charge in [0.25, 0.3) is 0 Å². The van der Waals surface area contributed by atoms with Gasteiger partial charge in [0.05, 0.1) is 0 Å². The normalized spacial score (nSPS) is 13.4. The number of hydrogen-bond donors (Lipinski definition) is 0. The molecule has 0 amide bonds. The zero-order valence-electron chi connectivity index (χ0n) is 49.6. The van der Waals surface area contributed by atoms with Crippen molar-refractivity contribution in [2.75, 3.05) is 13.2 Å². The summed E-state index contributed by atoms with van der Waals surface area (Å²) in [5.74, 6) is -1.00. The number of unbranched alkanes of at least 4 members (excludes halogenated alkanes) is 12. The third-order valence-corrected chi connectivity index (χ3v) is 12.1. The first-order chi connectivity index (χ1) is 38.5. The summed E-state index contributed by atoms with van der Waals surface area (Å²) in [7, 11) is 0. The molecule has 0 saturated carbocycles. The summed E-state index contributed by atoms with van der Waals surface area (Å²) < 4.78 is 16.8. The minimum atomic E-state index is -0.823. The molecule has 0 aromatic carbocycles. The van der Waals surface area contributed by atoms with Gasteiger partial charge in [-0.15, -0.1) is 0 Å². The van der Waals surface area contributed by atoms with E-state index in [0.717, 1.165) is 173 Å². The first-order valence-electron chi connectivity index (χ1n) is 30.8. The van der Waals surface area contributed by atoms with E-state index in [0.29, 0.717) is 19.3 Å². The molecule has 6 heteroatoms. The number of esters is 3. The maximum atomic E-state index is 12.9. The fourth-order valence-corrected chi connectivity index (χ4v) is 7.58. The Morgan fingerprint density at radius 3 is 0.808 bits per heavy atom. The second-order valence-corrected chi connectivity index (χ2v) is 19.5. The van der Waals surface area contributed by atoms with E-state index in [1.165, 1.54) is 12.8 Å². The monoisotopic (exact) mass is 1070 g/mol. The zero-order valence-corrected chi connectivity index (χ0v) is 49.6. The highest BCUT2D eigenvalue weighted by atomic mass is 16.6. The minimum Gasteiger partial charge on any atom is -0.462 e. The number of ether oxygens (including phenoxy) is 3. The van der Waals surface area contributed by atoms with E-state index in [2.05, 4.69) is 203 Å².